The van der Waals surface area contributed by atoms with Crippen LogP contribution in [0.1, 0.15) is 6.92 Å². The number of hydrogen-bond donors (Lipinski definition) is 1. The lowest BCUT2D eigenvalue weighted by Crippen LogP contribution is -2.45. The van der Waals surface area contributed by atoms with Crippen LogP contribution in [-0.2, 0) is 14.8 Å². The Labute approximate surface area is 151 Å². The first-order valence-electron chi connectivity index (χ1n) is 7.43. The first kappa shape index (κ1) is 19.3. The minimum Gasteiger partial charge on any atom is -0.323 e. The molecular weight excluding hydrogens is 363 g/mol. The Bertz CT molecular complexity index is 854. The Morgan fingerprint density at radius 1 is 1.16 bits per heavy atom. The molecule has 0 fully saturated rings. The molecule has 0 radical (unpaired) electrons. The number of nitrogens with zero attached hydrogens (tertiary/aromatic N) is 1. The van der Waals surface area contributed by atoms with Crippen LogP contribution in [0.5, 0.6) is 0 Å². The lowest BCUT2D eigenvalue weighted by molar-refractivity contribution is -0.116. The fourth-order valence-electron chi connectivity index (χ4n) is 2.38. The van der Waals surface area contributed by atoms with Crippen LogP contribution in [0, 0.1) is 5.82 Å². The number of sulfonamides is 1. The molecule has 1 N–H and O–H groups in total. The van der Waals surface area contributed by atoms with Crippen LogP contribution in [0.3, 0.4) is 0 Å². The zero-order valence-corrected chi connectivity index (χ0v) is 15.7. The average molecular weight is 382 g/mol. The van der Waals surface area contributed by atoms with Crippen molar-refractivity contribution in [2.24, 2.45) is 0 Å². The third-order valence-electron chi connectivity index (χ3n) is 3.53. The predicted octanol–water partition coefficient (Wildman–Crippen LogP) is 3.34. The minimum atomic E-state index is -3.74. The highest BCUT2D eigenvalue weighted by atomic mass is 32.2. The molecule has 25 heavy (non-hydrogen) atoms. The molecule has 134 valence electrons. The molecule has 0 aliphatic heterocycles. The molecular formula is C17H19FN2O3S2. The molecule has 2 aromatic rings. The number of rotatable bonds is 6. The van der Waals surface area contributed by atoms with E-state index in [2.05, 4.69) is 5.32 Å². The van der Waals surface area contributed by atoms with Crippen molar-refractivity contribution in [1.29, 1.82) is 0 Å². The highest BCUT2D eigenvalue weighted by Gasteiger charge is 2.29. The second-order valence-electron chi connectivity index (χ2n) is 5.40. The molecule has 2 rings (SSSR count). The first-order valence-corrected chi connectivity index (χ1v) is 10.5. The third-order valence-corrected chi connectivity index (χ3v) is 5.57. The Hall–Kier alpha value is -2.06. The van der Waals surface area contributed by atoms with Gasteiger partial charge in [-0.2, -0.15) is 0 Å². The zero-order valence-electron chi connectivity index (χ0n) is 14.1. The topological polar surface area (TPSA) is 66.5 Å². The summed E-state index contributed by atoms with van der Waals surface area (Å²) in [5.41, 5.74) is 0.837. The number of carbonyl (C=O) groups is 1. The predicted molar refractivity (Wildman–Crippen MR) is 100 cm³/mol. The summed E-state index contributed by atoms with van der Waals surface area (Å²) in [6.45, 7) is 1.49. The van der Waals surface area contributed by atoms with Gasteiger partial charge in [0.2, 0.25) is 15.9 Å². The summed E-state index contributed by atoms with van der Waals surface area (Å²) in [6, 6.07) is 11.2. The number of halogens is 1. The molecule has 0 bridgehead atoms. The summed E-state index contributed by atoms with van der Waals surface area (Å²) < 4.78 is 38.5. The van der Waals surface area contributed by atoms with Crippen LogP contribution in [0.2, 0.25) is 0 Å². The largest absolute Gasteiger partial charge is 0.323 e. The van der Waals surface area contributed by atoms with Crippen molar-refractivity contribution in [3.63, 3.8) is 0 Å². The molecule has 0 aliphatic rings. The standard InChI is InChI=1S/C17H19FN2O3S2/c1-12(17(21)19-15-6-4-5-7-16(15)24-2)20(25(3,22)23)14-10-8-13(18)9-11-14/h4-12H,1-3H3,(H,19,21)/t12-/m0/s1. The molecule has 2 aromatic carbocycles. The molecule has 5 nitrogen and oxygen atoms in total. The molecule has 0 unspecified atom stereocenters. The van der Waals surface area contributed by atoms with E-state index in [0.717, 1.165) is 27.6 Å². The van der Waals surface area contributed by atoms with Crippen molar-refractivity contribution in [2.75, 3.05) is 22.1 Å². The highest BCUT2D eigenvalue weighted by Crippen LogP contribution is 2.26. The third kappa shape index (κ3) is 4.73. The van der Waals surface area contributed by atoms with Crippen LogP contribution in [0.15, 0.2) is 53.4 Å². The van der Waals surface area contributed by atoms with Gasteiger partial charge in [-0.3, -0.25) is 9.10 Å². The van der Waals surface area contributed by atoms with Crippen molar-refractivity contribution in [1.82, 2.24) is 0 Å². The molecule has 0 spiro atoms. The number of para-hydroxylation sites is 1. The van der Waals surface area contributed by atoms with Gasteiger partial charge in [-0.25, -0.2) is 12.8 Å². The van der Waals surface area contributed by atoms with E-state index in [1.54, 1.807) is 12.1 Å². The van der Waals surface area contributed by atoms with Gasteiger partial charge in [0.25, 0.3) is 0 Å². The molecule has 0 saturated carbocycles. The number of benzene rings is 2. The molecule has 0 saturated heterocycles. The van der Waals surface area contributed by atoms with Gasteiger partial charge in [0.15, 0.2) is 0 Å². The quantitative estimate of drug-likeness (QED) is 0.778. The van der Waals surface area contributed by atoms with Crippen molar-refractivity contribution in [3.8, 4) is 0 Å². The van der Waals surface area contributed by atoms with E-state index in [9.17, 15) is 17.6 Å². The number of amides is 1. The minimum absolute atomic E-state index is 0.227. The second kappa shape index (κ2) is 7.88. The Balaban J connectivity index is 2.31. The fourth-order valence-corrected chi connectivity index (χ4v) is 4.11. The summed E-state index contributed by atoms with van der Waals surface area (Å²) in [6.07, 6.45) is 2.89. The van der Waals surface area contributed by atoms with Gasteiger partial charge in [0.1, 0.15) is 11.9 Å². The second-order valence-corrected chi connectivity index (χ2v) is 8.11. The number of anilines is 2. The molecule has 0 aromatic heterocycles. The maximum absolute atomic E-state index is 13.1. The summed E-state index contributed by atoms with van der Waals surface area (Å²) in [4.78, 5) is 13.5. The van der Waals surface area contributed by atoms with Gasteiger partial charge in [-0.15, -0.1) is 11.8 Å². The Kier molecular flexibility index (Phi) is 6.07. The lowest BCUT2D eigenvalue weighted by Gasteiger charge is -2.28. The summed E-state index contributed by atoms with van der Waals surface area (Å²) in [7, 11) is -3.74. The Morgan fingerprint density at radius 2 is 1.76 bits per heavy atom. The van der Waals surface area contributed by atoms with E-state index in [4.69, 9.17) is 0 Å². The number of carbonyl (C=O) groups excluding carboxylic acids is 1. The van der Waals surface area contributed by atoms with E-state index in [1.165, 1.54) is 30.8 Å². The number of hydrogen-bond acceptors (Lipinski definition) is 4. The smallest absolute Gasteiger partial charge is 0.248 e. The molecule has 1 amide bonds. The van der Waals surface area contributed by atoms with Crippen LogP contribution < -0.4 is 9.62 Å². The monoisotopic (exact) mass is 382 g/mol. The SMILES string of the molecule is CSc1ccccc1NC(=O)[C@H](C)N(c1ccc(F)cc1)S(C)(=O)=O. The van der Waals surface area contributed by atoms with Crippen molar-refractivity contribution in [2.45, 2.75) is 17.9 Å². The maximum Gasteiger partial charge on any atom is 0.248 e. The van der Waals surface area contributed by atoms with Gasteiger partial charge in [0.05, 0.1) is 17.6 Å². The summed E-state index contributed by atoms with van der Waals surface area (Å²) in [5.74, 6) is -0.959. The van der Waals surface area contributed by atoms with Gasteiger partial charge < -0.3 is 5.32 Å². The van der Waals surface area contributed by atoms with E-state index in [1.807, 2.05) is 18.4 Å². The van der Waals surface area contributed by atoms with Crippen LogP contribution in [0.4, 0.5) is 15.8 Å². The van der Waals surface area contributed by atoms with Gasteiger partial charge in [-0.05, 0) is 49.6 Å². The average Bonchev–Trinajstić information content (AvgIpc) is 2.56. The maximum atomic E-state index is 13.1. The van der Waals surface area contributed by atoms with E-state index >= 15 is 0 Å². The van der Waals surface area contributed by atoms with Gasteiger partial charge >= 0.3 is 0 Å². The molecule has 8 heteroatoms. The van der Waals surface area contributed by atoms with Crippen LogP contribution >= 0.6 is 11.8 Å². The fraction of sp³-hybridized carbons (Fsp3) is 0.235. The van der Waals surface area contributed by atoms with Crippen LogP contribution in [-0.4, -0.2) is 32.9 Å². The first-order chi connectivity index (χ1) is 11.7. The molecule has 0 heterocycles. The zero-order chi connectivity index (χ0) is 18.6. The number of nitrogens with one attached hydrogen (secondary N) is 1. The molecule has 0 aliphatic carbocycles. The van der Waals surface area contributed by atoms with E-state index in [-0.39, 0.29) is 5.69 Å². The van der Waals surface area contributed by atoms with Gasteiger partial charge in [0, 0.05) is 4.90 Å². The summed E-state index contributed by atoms with van der Waals surface area (Å²) in [5, 5.41) is 2.75. The highest BCUT2D eigenvalue weighted by molar-refractivity contribution is 7.98. The van der Waals surface area contributed by atoms with Crippen molar-refractivity contribution >= 4 is 39.1 Å². The molecule has 1 atom stereocenters. The van der Waals surface area contributed by atoms with Crippen molar-refractivity contribution < 1.29 is 17.6 Å². The number of thioether (sulfide) groups is 1. The summed E-state index contributed by atoms with van der Waals surface area (Å²) >= 11 is 1.47. The van der Waals surface area contributed by atoms with Crippen molar-refractivity contribution in [3.05, 3.63) is 54.3 Å². The van der Waals surface area contributed by atoms with Gasteiger partial charge in [-0.1, -0.05) is 12.1 Å². The van der Waals surface area contributed by atoms with Crippen LogP contribution in [0.25, 0.3) is 0 Å². The Morgan fingerprint density at radius 3 is 2.32 bits per heavy atom. The lowest BCUT2D eigenvalue weighted by atomic mass is 10.2. The normalized spacial score (nSPS) is 12.5. The van der Waals surface area contributed by atoms with E-state index in [0.29, 0.717) is 5.69 Å². The van der Waals surface area contributed by atoms with E-state index < -0.39 is 27.8 Å².